The van der Waals surface area contributed by atoms with E-state index in [4.69, 9.17) is 23.2 Å². The van der Waals surface area contributed by atoms with Crippen LogP contribution < -0.4 is 5.32 Å². The van der Waals surface area contributed by atoms with Crippen LogP contribution in [0.4, 0.5) is 4.39 Å². The molecule has 0 radical (unpaired) electrons. The molecule has 0 aromatic heterocycles. The Morgan fingerprint density at radius 2 is 1.72 bits per heavy atom. The van der Waals surface area contributed by atoms with Gasteiger partial charge in [0.25, 0.3) is 0 Å². The van der Waals surface area contributed by atoms with Gasteiger partial charge in [-0.2, -0.15) is 0 Å². The number of nitrogens with one attached hydrogen (secondary N) is 1. The van der Waals surface area contributed by atoms with Gasteiger partial charge in [-0.1, -0.05) is 62.2 Å². The van der Waals surface area contributed by atoms with Crippen LogP contribution in [0.2, 0.25) is 10.0 Å². The van der Waals surface area contributed by atoms with Gasteiger partial charge in [-0.3, -0.25) is 9.59 Å². The normalized spacial score (nSPS) is 12.0. The summed E-state index contributed by atoms with van der Waals surface area (Å²) in [5.41, 5.74) is 1.73. The number of rotatable bonds is 11. The zero-order chi connectivity index (χ0) is 23.7. The van der Waals surface area contributed by atoms with Crippen LogP contribution in [-0.4, -0.2) is 35.1 Å². The maximum Gasteiger partial charge on any atom is 0.242 e. The lowest BCUT2D eigenvalue weighted by Gasteiger charge is -2.31. The third-order valence-electron chi connectivity index (χ3n) is 4.81. The van der Waals surface area contributed by atoms with Crippen molar-refractivity contribution in [2.45, 2.75) is 45.5 Å². The summed E-state index contributed by atoms with van der Waals surface area (Å²) in [6, 6.07) is 10.8. The first kappa shape index (κ1) is 26.5. The Kier molecular flexibility index (Phi) is 10.8. The molecule has 0 aliphatic carbocycles. The Morgan fingerprint density at radius 3 is 2.31 bits per heavy atom. The van der Waals surface area contributed by atoms with Crippen LogP contribution in [0.1, 0.15) is 38.3 Å². The van der Waals surface area contributed by atoms with Gasteiger partial charge in [0.05, 0.1) is 15.8 Å². The molecule has 2 rings (SSSR count). The second-order valence-corrected chi connectivity index (χ2v) is 9.75. The molecule has 8 heteroatoms. The summed E-state index contributed by atoms with van der Waals surface area (Å²) in [6.07, 6.45) is 0.480. The smallest absolute Gasteiger partial charge is 0.242 e. The van der Waals surface area contributed by atoms with E-state index >= 15 is 0 Å². The van der Waals surface area contributed by atoms with Crippen molar-refractivity contribution >= 4 is 46.8 Å². The molecule has 0 heterocycles. The maximum absolute atomic E-state index is 13.3. The van der Waals surface area contributed by atoms with Crippen molar-refractivity contribution < 1.29 is 14.0 Å². The van der Waals surface area contributed by atoms with Crippen LogP contribution in [0, 0.1) is 11.7 Å². The Morgan fingerprint density at radius 1 is 1.06 bits per heavy atom. The number of nitrogens with zero attached hydrogens (tertiary/aromatic N) is 1. The van der Waals surface area contributed by atoms with Crippen molar-refractivity contribution in [1.29, 1.82) is 0 Å². The SMILES string of the molecule is CCC(C(=O)NCC(C)C)N(Cc1ccc(F)cc1)C(=O)CSCc1ccc(Cl)c(Cl)c1. The molecular weight excluding hydrogens is 470 g/mol. The molecule has 4 nitrogen and oxygen atoms in total. The Hall–Kier alpha value is -1.76. The average molecular weight is 499 g/mol. The largest absolute Gasteiger partial charge is 0.354 e. The third-order valence-corrected chi connectivity index (χ3v) is 6.54. The van der Waals surface area contributed by atoms with E-state index in [1.165, 1.54) is 23.9 Å². The van der Waals surface area contributed by atoms with Crippen molar-refractivity contribution in [3.8, 4) is 0 Å². The molecule has 0 aliphatic rings. The molecule has 1 N–H and O–H groups in total. The molecule has 0 saturated carbocycles. The molecule has 2 aromatic carbocycles. The first-order chi connectivity index (χ1) is 15.2. The minimum atomic E-state index is -0.600. The number of halogens is 3. The summed E-state index contributed by atoms with van der Waals surface area (Å²) < 4.78 is 13.3. The first-order valence-electron chi connectivity index (χ1n) is 10.5. The fourth-order valence-corrected chi connectivity index (χ4v) is 4.28. The molecule has 32 heavy (non-hydrogen) atoms. The minimum absolute atomic E-state index is 0.147. The molecule has 174 valence electrons. The molecule has 0 saturated heterocycles. The van der Waals surface area contributed by atoms with Crippen LogP contribution >= 0.6 is 35.0 Å². The van der Waals surface area contributed by atoms with E-state index in [9.17, 15) is 14.0 Å². The van der Waals surface area contributed by atoms with Gasteiger partial charge in [0.15, 0.2) is 0 Å². The molecule has 1 unspecified atom stereocenters. The second kappa shape index (κ2) is 13.1. The summed E-state index contributed by atoms with van der Waals surface area (Å²) in [6.45, 7) is 6.69. The fourth-order valence-electron chi connectivity index (χ4n) is 3.10. The summed E-state index contributed by atoms with van der Waals surface area (Å²) in [5.74, 6) is 0.431. The van der Waals surface area contributed by atoms with E-state index in [1.807, 2.05) is 26.8 Å². The molecule has 0 fully saturated rings. The highest BCUT2D eigenvalue weighted by atomic mass is 35.5. The summed E-state index contributed by atoms with van der Waals surface area (Å²) >= 11 is 13.5. The summed E-state index contributed by atoms with van der Waals surface area (Å²) in [7, 11) is 0. The Labute approximate surface area is 203 Å². The summed E-state index contributed by atoms with van der Waals surface area (Å²) in [5, 5.41) is 3.89. The maximum atomic E-state index is 13.3. The lowest BCUT2D eigenvalue weighted by Crippen LogP contribution is -2.50. The highest BCUT2D eigenvalue weighted by Crippen LogP contribution is 2.25. The number of carbonyl (C=O) groups is 2. The van der Waals surface area contributed by atoms with Crippen molar-refractivity contribution in [2.24, 2.45) is 5.92 Å². The average Bonchev–Trinajstić information content (AvgIpc) is 2.75. The lowest BCUT2D eigenvalue weighted by atomic mass is 10.1. The molecular formula is C24H29Cl2FN2O2S. The van der Waals surface area contributed by atoms with Crippen molar-refractivity contribution in [3.63, 3.8) is 0 Å². The van der Waals surface area contributed by atoms with Gasteiger partial charge >= 0.3 is 0 Å². The van der Waals surface area contributed by atoms with E-state index in [2.05, 4.69) is 5.32 Å². The highest BCUT2D eigenvalue weighted by molar-refractivity contribution is 7.99. The molecule has 1 atom stereocenters. The molecule has 0 aliphatic heterocycles. The molecule has 0 spiro atoms. The van der Waals surface area contributed by atoms with Crippen LogP contribution in [0.3, 0.4) is 0 Å². The number of hydrogen-bond donors (Lipinski definition) is 1. The first-order valence-corrected chi connectivity index (χ1v) is 12.5. The predicted octanol–water partition coefficient (Wildman–Crippen LogP) is 5.95. The number of amides is 2. The monoisotopic (exact) mass is 498 g/mol. The zero-order valence-electron chi connectivity index (χ0n) is 18.5. The van der Waals surface area contributed by atoms with Gasteiger partial charge < -0.3 is 10.2 Å². The standard InChI is InChI=1S/C24H29Cl2FN2O2S/c1-4-22(24(31)28-12-16(2)3)29(13-17-5-8-19(27)9-6-17)23(30)15-32-14-18-7-10-20(25)21(26)11-18/h5-11,16,22H,4,12-15H2,1-3H3,(H,28,31). The van der Waals surface area contributed by atoms with Gasteiger partial charge in [0.2, 0.25) is 11.8 Å². The fraction of sp³-hybridized carbons (Fsp3) is 0.417. The van der Waals surface area contributed by atoms with E-state index in [1.54, 1.807) is 29.2 Å². The molecule has 2 amide bonds. The van der Waals surface area contributed by atoms with Crippen LogP contribution in [-0.2, 0) is 21.9 Å². The molecule has 2 aromatic rings. The minimum Gasteiger partial charge on any atom is -0.354 e. The van der Waals surface area contributed by atoms with E-state index in [0.29, 0.717) is 34.7 Å². The van der Waals surface area contributed by atoms with Crippen molar-refractivity contribution in [2.75, 3.05) is 12.3 Å². The van der Waals surface area contributed by atoms with Crippen LogP contribution in [0.5, 0.6) is 0 Å². The van der Waals surface area contributed by atoms with Gasteiger partial charge in [-0.05, 0) is 47.7 Å². The van der Waals surface area contributed by atoms with E-state index in [-0.39, 0.29) is 29.9 Å². The number of hydrogen-bond acceptors (Lipinski definition) is 3. The third kappa shape index (κ3) is 8.30. The molecule has 0 bridgehead atoms. The second-order valence-electron chi connectivity index (χ2n) is 7.95. The number of thioether (sulfide) groups is 1. The Balaban J connectivity index is 2.11. The quantitative estimate of drug-likeness (QED) is 0.416. The van der Waals surface area contributed by atoms with Crippen LogP contribution in [0.15, 0.2) is 42.5 Å². The summed E-state index contributed by atoms with van der Waals surface area (Å²) in [4.78, 5) is 27.6. The van der Waals surface area contributed by atoms with Gasteiger partial charge in [-0.15, -0.1) is 11.8 Å². The zero-order valence-corrected chi connectivity index (χ0v) is 20.9. The van der Waals surface area contributed by atoms with Gasteiger partial charge in [0, 0.05) is 18.8 Å². The highest BCUT2D eigenvalue weighted by Gasteiger charge is 2.28. The number of benzene rings is 2. The topological polar surface area (TPSA) is 49.4 Å². The van der Waals surface area contributed by atoms with Crippen molar-refractivity contribution in [1.82, 2.24) is 10.2 Å². The van der Waals surface area contributed by atoms with Gasteiger partial charge in [-0.25, -0.2) is 4.39 Å². The predicted molar refractivity (Wildman–Crippen MR) is 132 cm³/mol. The Bertz CT molecular complexity index is 909. The number of carbonyl (C=O) groups excluding carboxylic acids is 2. The lowest BCUT2D eigenvalue weighted by molar-refractivity contribution is -0.139. The van der Waals surface area contributed by atoms with E-state index in [0.717, 1.165) is 11.1 Å². The van der Waals surface area contributed by atoms with Crippen LogP contribution in [0.25, 0.3) is 0 Å². The van der Waals surface area contributed by atoms with Gasteiger partial charge in [0.1, 0.15) is 11.9 Å². The van der Waals surface area contributed by atoms with Crippen molar-refractivity contribution in [3.05, 3.63) is 69.5 Å². The van der Waals surface area contributed by atoms with E-state index < -0.39 is 6.04 Å².